The molecule has 12 rings (SSSR count). The van der Waals surface area contributed by atoms with Gasteiger partial charge in [0.25, 0.3) is 0 Å². The van der Waals surface area contributed by atoms with Gasteiger partial charge < -0.3 is 0 Å². The second-order valence-corrected chi connectivity index (χ2v) is 15.6. The summed E-state index contributed by atoms with van der Waals surface area (Å²) in [5, 5.41) is 7.14. The summed E-state index contributed by atoms with van der Waals surface area (Å²) < 4.78 is 0. The van der Waals surface area contributed by atoms with E-state index in [2.05, 4.69) is 188 Å². The summed E-state index contributed by atoms with van der Waals surface area (Å²) in [7, 11) is 0. The Hall–Kier alpha value is -7.23. The van der Waals surface area contributed by atoms with Crippen molar-refractivity contribution in [2.75, 3.05) is 0 Å². The quantitative estimate of drug-likeness (QED) is 0.177. The number of rotatable bonds is 5. The number of benzene rings is 9. The summed E-state index contributed by atoms with van der Waals surface area (Å²) >= 11 is 0. The van der Waals surface area contributed by atoms with Crippen molar-refractivity contribution in [3.05, 3.63) is 199 Å². The lowest BCUT2D eigenvalue weighted by molar-refractivity contribution is 1.00. The Morgan fingerprint density at radius 2 is 0.772 bits per heavy atom. The Morgan fingerprint density at radius 1 is 0.298 bits per heavy atom. The molecule has 2 unspecified atom stereocenters. The zero-order chi connectivity index (χ0) is 37.5. The molecule has 266 valence electrons. The maximum Gasteiger partial charge on any atom is 0.164 e. The third-order valence-corrected chi connectivity index (χ3v) is 12.2. The van der Waals surface area contributed by atoms with E-state index in [1.165, 1.54) is 72.5 Å². The van der Waals surface area contributed by atoms with E-state index in [4.69, 9.17) is 15.0 Å². The summed E-state index contributed by atoms with van der Waals surface area (Å²) in [5.74, 6) is 3.05. The smallest absolute Gasteiger partial charge is 0.164 e. The average Bonchev–Trinajstić information content (AvgIpc) is 4.10. The lowest BCUT2D eigenvalue weighted by Gasteiger charge is -2.24. The fraction of sp³-hybridized carbons (Fsp3) is 0.0556. The van der Waals surface area contributed by atoms with Gasteiger partial charge in [0, 0.05) is 16.7 Å². The van der Waals surface area contributed by atoms with E-state index >= 15 is 0 Å². The van der Waals surface area contributed by atoms with Gasteiger partial charge in [-0.1, -0.05) is 158 Å². The molecule has 10 aromatic rings. The molecule has 0 amide bonds. The van der Waals surface area contributed by atoms with E-state index in [1.54, 1.807) is 0 Å². The van der Waals surface area contributed by atoms with Crippen molar-refractivity contribution in [1.82, 2.24) is 15.0 Å². The molecule has 0 aliphatic heterocycles. The van der Waals surface area contributed by atoms with Crippen LogP contribution in [0.2, 0.25) is 0 Å². The highest BCUT2D eigenvalue weighted by Crippen LogP contribution is 2.63. The molecular weight excluding hydrogens is 691 g/mol. The van der Waals surface area contributed by atoms with Crippen LogP contribution >= 0.6 is 0 Å². The van der Waals surface area contributed by atoms with Gasteiger partial charge in [-0.15, -0.1) is 0 Å². The van der Waals surface area contributed by atoms with E-state index < -0.39 is 0 Å². The van der Waals surface area contributed by atoms with Crippen LogP contribution in [0, 0.1) is 0 Å². The van der Waals surface area contributed by atoms with Gasteiger partial charge in [-0.05, 0) is 125 Å². The molecule has 0 N–H and O–H groups in total. The van der Waals surface area contributed by atoms with Crippen molar-refractivity contribution in [2.45, 2.75) is 18.3 Å². The SMILES string of the molecule is c1ccc(-c2ccc3cc(-c4nc(-c5ccc6ccccc6c5)nc(-c5cc(-c6ccc7ccccc7c6)cc6c5-c5ccccc5C5CC65)n4)ccc3c2)cc1. The van der Waals surface area contributed by atoms with Crippen LogP contribution in [0.15, 0.2) is 188 Å². The number of aromatic nitrogens is 3. The third kappa shape index (κ3) is 5.46. The van der Waals surface area contributed by atoms with E-state index in [1.807, 2.05) is 0 Å². The van der Waals surface area contributed by atoms with Gasteiger partial charge in [0.1, 0.15) is 0 Å². The molecule has 0 bridgehead atoms. The first kappa shape index (κ1) is 32.1. The Labute approximate surface area is 331 Å². The minimum atomic E-state index is 0.483. The summed E-state index contributed by atoms with van der Waals surface area (Å²) in [6.45, 7) is 0. The summed E-state index contributed by atoms with van der Waals surface area (Å²) in [6.07, 6.45) is 1.17. The van der Waals surface area contributed by atoms with Crippen LogP contribution < -0.4 is 0 Å². The molecule has 9 aromatic carbocycles. The number of nitrogens with zero attached hydrogens (tertiary/aromatic N) is 3. The summed E-state index contributed by atoms with van der Waals surface area (Å²) in [4.78, 5) is 16.1. The summed E-state index contributed by atoms with van der Waals surface area (Å²) in [5.41, 5.74) is 13.1. The van der Waals surface area contributed by atoms with Gasteiger partial charge in [-0.3, -0.25) is 0 Å². The van der Waals surface area contributed by atoms with Crippen molar-refractivity contribution in [1.29, 1.82) is 0 Å². The lowest BCUT2D eigenvalue weighted by Crippen LogP contribution is -2.06. The molecule has 0 spiro atoms. The average molecular weight is 726 g/mol. The van der Waals surface area contributed by atoms with Crippen LogP contribution in [0.5, 0.6) is 0 Å². The van der Waals surface area contributed by atoms with E-state index in [0.29, 0.717) is 29.3 Å². The second-order valence-electron chi connectivity index (χ2n) is 15.6. The maximum absolute atomic E-state index is 5.42. The van der Waals surface area contributed by atoms with Gasteiger partial charge >= 0.3 is 0 Å². The van der Waals surface area contributed by atoms with Gasteiger partial charge in [-0.2, -0.15) is 0 Å². The molecule has 1 heterocycles. The van der Waals surface area contributed by atoms with Crippen LogP contribution in [0.4, 0.5) is 0 Å². The molecule has 0 radical (unpaired) electrons. The first-order valence-electron chi connectivity index (χ1n) is 19.8. The molecule has 3 nitrogen and oxygen atoms in total. The second kappa shape index (κ2) is 12.7. The molecule has 3 heteroatoms. The fourth-order valence-electron chi connectivity index (χ4n) is 9.18. The topological polar surface area (TPSA) is 38.7 Å². The molecule has 57 heavy (non-hydrogen) atoms. The Morgan fingerprint density at radius 3 is 1.44 bits per heavy atom. The van der Waals surface area contributed by atoms with Gasteiger partial charge in [0.15, 0.2) is 17.5 Å². The van der Waals surface area contributed by atoms with Crippen LogP contribution in [-0.2, 0) is 0 Å². The third-order valence-electron chi connectivity index (χ3n) is 12.2. The highest BCUT2D eigenvalue weighted by atomic mass is 15.0. The highest BCUT2D eigenvalue weighted by Gasteiger charge is 2.46. The molecule has 2 aliphatic rings. The van der Waals surface area contributed by atoms with Crippen LogP contribution in [0.3, 0.4) is 0 Å². The predicted octanol–water partition coefficient (Wildman–Crippen LogP) is 13.9. The highest BCUT2D eigenvalue weighted by molar-refractivity contribution is 5.95. The van der Waals surface area contributed by atoms with E-state index in [9.17, 15) is 0 Å². The Kier molecular flexibility index (Phi) is 7.12. The van der Waals surface area contributed by atoms with Crippen LogP contribution in [0.25, 0.3) is 99.9 Å². The van der Waals surface area contributed by atoms with E-state index in [-0.39, 0.29) is 0 Å². The standard InChI is InChI=1S/C54H35N3/c1-2-10-33(11-3-1)38-21-22-40-29-43(25-23-39(40)27-38)53-55-52(42-24-19-35-13-5-7-15-37(35)28-42)56-54(57-53)50-31-44(41-20-18-34-12-4-6-14-36(34)26-41)30-49-48-32-47(48)45-16-8-9-17-46(45)51(49)50/h1-31,47-48H,32H2. The molecule has 0 saturated heterocycles. The monoisotopic (exact) mass is 725 g/mol. The number of hydrogen-bond acceptors (Lipinski definition) is 3. The minimum absolute atomic E-state index is 0.483. The zero-order valence-electron chi connectivity index (χ0n) is 31.1. The predicted molar refractivity (Wildman–Crippen MR) is 235 cm³/mol. The lowest BCUT2D eigenvalue weighted by atomic mass is 9.81. The maximum atomic E-state index is 5.42. The van der Waals surface area contributed by atoms with Crippen molar-refractivity contribution in [3.8, 4) is 67.5 Å². The molecule has 1 aromatic heterocycles. The molecule has 2 aliphatic carbocycles. The van der Waals surface area contributed by atoms with Crippen LogP contribution in [0.1, 0.15) is 29.4 Å². The molecular formula is C54H35N3. The van der Waals surface area contributed by atoms with E-state index in [0.717, 1.165) is 27.5 Å². The van der Waals surface area contributed by atoms with Gasteiger partial charge in [0.05, 0.1) is 0 Å². The first-order chi connectivity index (χ1) is 28.2. The molecule has 2 atom stereocenters. The molecule has 1 fully saturated rings. The normalized spacial score (nSPS) is 15.3. The Balaban J connectivity index is 1.09. The minimum Gasteiger partial charge on any atom is -0.208 e. The fourth-order valence-corrected chi connectivity index (χ4v) is 9.18. The first-order valence-corrected chi connectivity index (χ1v) is 19.8. The molecule has 1 saturated carbocycles. The van der Waals surface area contributed by atoms with Crippen molar-refractivity contribution in [2.24, 2.45) is 0 Å². The van der Waals surface area contributed by atoms with Gasteiger partial charge in [0.2, 0.25) is 0 Å². The van der Waals surface area contributed by atoms with Crippen molar-refractivity contribution < 1.29 is 0 Å². The van der Waals surface area contributed by atoms with Crippen molar-refractivity contribution in [3.63, 3.8) is 0 Å². The van der Waals surface area contributed by atoms with Gasteiger partial charge in [-0.25, -0.2) is 15.0 Å². The van der Waals surface area contributed by atoms with Crippen molar-refractivity contribution >= 4 is 32.3 Å². The summed E-state index contributed by atoms with van der Waals surface area (Å²) in [6, 6.07) is 67.9. The largest absolute Gasteiger partial charge is 0.208 e. The Bertz CT molecular complexity index is 3240. The van der Waals surface area contributed by atoms with Crippen LogP contribution in [-0.4, -0.2) is 15.0 Å². The number of fused-ring (bicyclic) bond motifs is 9. The number of hydrogen-bond donors (Lipinski definition) is 0. The zero-order valence-corrected chi connectivity index (χ0v) is 31.1.